The van der Waals surface area contributed by atoms with Gasteiger partial charge in [0.15, 0.2) is 5.82 Å². The van der Waals surface area contributed by atoms with E-state index < -0.39 is 4.92 Å². The van der Waals surface area contributed by atoms with Crippen LogP contribution in [0.5, 0.6) is 0 Å². The molecule has 8 nitrogen and oxygen atoms in total. The van der Waals surface area contributed by atoms with Crippen molar-refractivity contribution in [2.45, 2.75) is 0 Å². The zero-order valence-corrected chi connectivity index (χ0v) is 16.1. The highest BCUT2D eigenvalue weighted by Gasteiger charge is 2.17. The van der Waals surface area contributed by atoms with E-state index in [-0.39, 0.29) is 11.2 Å². The second-order valence-corrected chi connectivity index (χ2v) is 7.96. The Hall–Kier alpha value is -3.63. The zero-order chi connectivity index (χ0) is 20.0. The maximum absolute atomic E-state index is 12.6. The Bertz CT molecular complexity index is 1460. The Morgan fingerprint density at radius 1 is 1.14 bits per heavy atom. The Balaban J connectivity index is 1.54. The molecule has 0 fully saturated rings. The molecule has 0 saturated heterocycles. The third-order valence-corrected chi connectivity index (χ3v) is 6.01. The van der Waals surface area contributed by atoms with Crippen LogP contribution in [0.4, 0.5) is 5.69 Å². The summed E-state index contributed by atoms with van der Waals surface area (Å²) in [5, 5.41) is 17.4. The lowest BCUT2D eigenvalue weighted by molar-refractivity contribution is -0.384. The number of aromatic nitrogens is 3. The second-order valence-electron chi connectivity index (χ2n) is 6.00. The van der Waals surface area contributed by atoms with Crippen LogP contribution in [-0.2, 0) is 0 Å². The van der Waals surface area contributed by atoms with Crippen molar-refractivity contribution in [3.63, 3.8) is 0 Å². The lowest BCUT2D eigenvalue weighted by atomic mass is 10.1. The van der Waals surface area contributed by atoms with Gasteiger partial charge in [-0.1, -0.05) is 29.5 Å². The molecule has 0 aliphatic carbocycles. The van der Waals surface area contributed by atoms with Crippen molar-refractivity contribution in [2.24, 2.45) is 0 Å². The molecule has 29 heavy (non-hydrogen) atoms. The van der Waals surface area contributed by atoms with Crippen molar-refractivity contribution in [3.8, 4) is 22.0 Å². The van der Waals surface area contributed by atoms with Crippen molar-refractivity contribution in [1.29, 1.82) is 0 Å². The average molecular weight is 422 g/mol. The van der Waals surface area contributed by atoms with Gasteiger partial charge in [-0.05, 0) is 29.6 Å². The van der Waals surface area contributed by atoms with Crippen LogP contribution in [0, 0.1) is 10.1 Å². The Morgan fingerprint density at radius 3 is 2.76 bits per heavy atom. The number of nitro groups is 1. The predicted octanol–water partition coefficient (Wildman–Crippen LogP) is 3.60. The molecule has 10 heteroatoms. The molecule has 0 N–H and O–H groups in total. The summed E-state index contributed by atoms with van der Waals surface area (Å²) in [5.41, 5.74) is 0.0458. The summed E-state index contributed by atoms with van der Waals surface area (Å²) < 4.78 is 7.43. The number of hydrogen-bond acceptors (Lipinski definition) is 8. The van der Waals surface area contributed by atoms with Crippen LogP contribution in [0.1, 0.15) is 5.76 Å². The van der Waals surface area contributed by atoms with Crippen LogP contribution in [-0.4, -0.2) is 19.5 Å². The van der Waals surface area contributed by atoms with Gasteiger partial charge in [-0.15, -0.1) is 16.4 Å². The summed E-state index contributed by atoms with van der Waals surface area (Å²) in [6.45, 7) is 0. The fraction of sp³-hybridized carbons (Fsp3) is 0. The van der Waals surface area contributed by atoms with E-state index in [1.807, 2.05) is 17.5 Å². The van der Waals surface area contributed by atoms with Crippen LogP contribution in [0.2, 0.25) is 0 Å². The summed E-state index contributed by atoms with van der Waals surface area (Å²) >= 11 is 2.71. The topological polar surface area (TPSA) is 104 Å². The van der Waals surface area contributed by atoms with Gasteiger partial charge in [0.25, 0.3) is 11.2 Å². The van der Waals surface area contributed by atoms with Crippen LogP contribution in [0.25, 0.3) is 33.1 Å². The van der Waals surface area contributed by atoms with E-state index >= 15 is 0 Å². The first-order valence-electron chi connectivity index (χ1n) is 8.39. The summed E-state index contributed by atoms with van der Waals surface area (Å²) in [6.07, 6.45) is 1.59. The molecule has 0 aliphatic heterocycles. The predicted molar refractivity (Wildman–Crippen MR) is 110 cm³/mol. The molecule has 4 heterocycles. The number of nitrogens with zero attached hydrogens (tertiary/aromatic N) is 4. The third kappa shape index (κ3) is 3.04. The van der Waals surface area contributed by atoms with E-state index in [9.17, 15) is 14.9 Å². The van der Waals surface area contributed by atoms with Crippen molar-refractivity contribution < 1.29 is 9.34 Å². The van der Waals surface area contributed by atoms with E-state index in [1.54, 1.807) is 36.4 Å². The molecule has 0 aliphatic rings. The average Bonchev–Trinajstić information content (AvgIpc) is 3.49. The highest BCUT2D eigenvalue weighted by molar-refractivity contribution is 7.15. The molecule has 5 rings (SSSR count). The number of rotatable bonds is 4. The van der Waals surface area contributed by atoms with Crippen LogP contribution < -0.4 is 10.1 Å². The molecule has 1 aromatic carbocycles. The Labute approximate surface area is 170 Å². The number of benzene rings is 1. The first-order chi connectivity index (χ1) is 14.1. The summed E-state index contributed by atoms with van der Waals surface area (Å²) in [5.74, 6) is 1.29. The monoisotopic (exact) mass is 422 g/mol. The van der Waals surface area contributed by atoms with E-state index in [2.05, 4.69) is 10.1 Å². The molecule has 0 amide bonds. The van der Waals surface area contributed by atoms with Gasteiger partial charge in [-0.2, -0.15) is 9.50 Å². The number of hydrogen-bond donors (Lipinski definition) is 0. The lowest BCUT2D eigenvalue weighted by Gasteiger charge is -1.98. The van der Waals surface area contributed by atoms with Crippen molar-refractivity contribution >= 4 is 39.4 Å². The number of fused-ring (bicyclic) bond motifs is 1. The quantitative estimate of drug-likeness (QED) is 0.324. The highest BCUT2D eigenvalue weighted by Crippen LogP contribution is 2.31. The van der Waals surface area contributed by atoms with Gasteiger partial charge in [0.05, 0.1) is 15.4 Å². The molecular formula is C19H10N4O4S2. The summed E-state index contributed by atoms with van der Waals surface area (Å²) in [7, 11) is 0. The third-order valence-electron chi connectivity index (χ3n) is 4.19. The van der Waals surface area contributed by atoms with Crippen molar-refractivity contribution in [2.75, 3.05) is 0 Å². The number of thiophene rings is 1. The van der Waals surface area contributed by atoms with Crippen molar-refractivity contribution in [1.82, 2.24) is 14.6 Å². The molecule has 5 aromatic rings. The standard InChI is InChI=1S/C19H10N4O4S2/c24-18-16(29-19-20-17(21-22(18)19)15-6-3-9-28-15)10-11-7-8-14(27-11)12-4-1-2-5-13(12)23(25)26/h1-10H/b16-10+. The van der Waals surface area contributed by atoms with E-state index in [0.717, 1.165) is 4.88 Å². The molecule has 0 saturated carbocycles. The highest BCUT2D eigenvalue weighted by atomic mass is 32.1. The molecular weight excluding hydrogens is 412 g/mol. The first kappa shape index (κ1) is 17.5. The smallest absolute Gasteiger partial charge is 0.291 e. The summed E-state index contributed by atoms with van der Waals surface area (Å²) in [6, 6.07) is 13.4. The first-order valence-corrected chi connectivity index (χ1v) is 10.1. The molecule has 0 radical (unpaired) electrons. The van der Waals surface area contributed by atoms with E-state index in [0.29, 0.717) is 32.4 Å². The van der Waals surface area contributed by atoms with Crippen molar-refractivity contribution in [3.05, 3.63) is 84.7 Å². The van der Waals surface area contributed by atoms with Gasteiger partial charge < -0.3 is 4.42 Å². The molecule has 142 valence electrons. The van der Waals surface area contributed by atoms with Gasteiger partial charge in [-0.3, -0.25) is 14.9 Å². The van der Waals surface area contributed by atoms with Crippen LogP contribution >= 0.6 is 22.7 Å². The van der Waals surface area contributed by atoms with Gasteiger partial charge in [0, 0.05) is 12.1 Å². The van der Waals surface area contributed by atoms with Gasteiger partial charge >= 0.3 is 0 Å². The normalized spacial score (nSPS) is 12.1. The molecule has 0 atom stereocenters. The molecule has 4 aromatic heterocycles. The van der Waals surface area contributed by atoms with Gasteiger partial charge in [0.2, 0.25) is 4.96 Å². The lowest BCUT2D eigenvalue weighted by Crippen LogP contribution is -2.23. The number of nitro benzene ring substituents is 1. The number of furan rings is 1. The van der Waals surface area contributed by atoms with E-state index in [4.69, 9.17) is 4.42 Å². The Morgan fingerprint density at radius 2 is 2.00 bits per heavy atom. The molecule has 0 unspecified atom stereocenters. The second kappa shape index (κ2) is 6.76. The zero-order valence-electron chi connectivity index (χ0n) is 14.5. The fourth-order valence-electron chi connectivity index (χ4n) is 2.89. The minimum absolute atomic E-state index is 0.0437. The SMILES string of the molecule is O=c1/c(=C\c2ccc(-c3ccccc3[N+](=O)[O-])o2)sc2nc(-c3cccs3)nn12. The number of para-hydroxylation sites is 1. The number of thiazole rings is 1. The van der Waals surface area contributed by atoms with Crippen LogP contribution in [0.15, 0.2) is 63.1 Å². The fourth-order valence-corrected chi connectivity index (χ4v) is 4.43. The van der Waals surface area contributed by atoms with Crippen LogP contribution in [0.3, 0.4) is 0 Å². The maximum Gasteiger partial charge on any atom is 0.291 e. The minimum atomic E-state index is -0.456. The minimum Gasteiger partial charge on any atom is -0.456 e. The molecule has 0 spiro atoms. The molecule has 0 bridgehead atoms. The Kier molecular flexibility index (Phi) is 4.07. The van der Waals surface area contributed by atoms with Gasteiger partial charge in [-0.25, -0.2) is 0 Å². The van der Waals surface area contributed by atoms with E-state index in [1.165, 1.54) is 33.3 Å². The summed E-state index contributed by atoms with van der Waals surface area (Å²) in [4.78, 5) is 29.2. The maximum atomic E-state index is 12.6. The van der Waals surface area contributed by atoms with Gasteiger partial charge in [0.1, 0.15) is 16.1 Å². The largest absolute Gasteiger partial charge is 0.456 e.